The van der Waals surface area contributed by atoms with Gasteiger partial charge in [-0.05, 0) is 12.0 Å². The summed E-state index contributed by atoms with van der Waals surface area (Å²) in [4.78, 5) is 8.69. The van der Waals surface area contributed by atoms with Gasteiger partial charge in [0.2, 0.25) is 0 Å². The van der Waals surface area contributed by atoms with Gasteiger partial charge in [-0.25, -0.2) is 14.6 Å². The van der Waals surface area contributed by atoms with Crippen LogP contribution in [0.3, 0.4) is 0 Å². The number of aromatic nitrogens is 4. The van der Waals surface area contributed by atoms with Gasteiger partial charge in [0.05, 0.1) is 23.5 Å². The van der Waals surface area contributed by atoms with Crippen molar-refractivity contribution >= 4 is 28.5 Å². The number of anilines is 1. The Morgan fingerprint density at radius 1 is 1.22 bits per heavy atom. The second-order valence-electron chi connectivity index (χ2n) is 5.44. The zero-order chi connectivity index (χ0) is 16.1. The molecular formula is C17H20ClN5. The molecule has 0 saturated heterocycles. The fourth-order valence-corrected chi connectivity index (χ4v) is 2.75. The molecule has 0 aliphatic heterocycles. The van der Waals surface area contributed by atoms with E-state index in [1.165, 1.54) is 0 Å². The number of rotatable bonds is 7. The number of benzene rings is 1. The molecule has 1 unspecified atom stereocenters. The van der Waals surface area contributed by atoms with E-state index in [4.69, 9.17) is 11.6 Å². The molecule has 0 spiro atoms. The first-order chi connectivity index (χ1) is 11.3. The highest BCUT2D eigenvalue weighted by atomic mass is 35.5. The van der Waals surface area contributed by atoms with Gasteiger partial charge < -0.3 is 5.32 Å². The quantitative estimate of drug-likeness (QED) is 0.525. The largest absolute Gasteiger partial charge is 0.369 e. The van der Waals surface area contributed by atoms with Gasteiger partial charge in [0.25, 0.3) is 0 Å². The molecule has 0 amide bonds. The summed E-state index contributed by atoms with van der Waals surface area (Å²) in [5.41, 5.74) is 1.88. The number of alkyl halides is 1. The number of halogens is 1. The molecule has 23 heavy (non-hydrogen) atoms. The minimum absolute atomic E-state index is 0.147. The van der Waals surface area contributed by atoms with Crippen LogP contribution in [0.25, 0.3) is 11.0 Å². The van der Waals surface area contributed by atoms with Crippen LogP contribution >= 0.6 is 11.6 Å². The molecule has 2 heterocycles. The van der Waals surface area contributed by atoms with Crippen molar-refractivity contribution in [3.8, 4) is 0 Å². The first-order valence-electron chi connectivity index (χ1n) is 7.89. The summed E-state index contributed by atoms with van der Waals surface area (Å²) in [5.74, 6) is 0.834. The second kappa shape index (κ2) is 7.42. The topological polar surface area (TPSA) is 55.6 Å². The van der Waals surface area contributed by atoms with Crippen LogP contribution in [0.1, 0.15) is 30.7 Å². The van der Waals surface area contributed by atoms with Crippen LogP contribution in [0, 0.1) is 0 Å². The number of unbranched alkanes of at least 4 members (excludes halogenated alkanes) is 1. The lowest BCUT2D eigenvalue weighted by atomic mass is 10.1. The summed E-state index contributed by atoms with van der Waals surface area (Å²) < 4.78 is 1.84. The second-order valence-corrected chi connectivity index (χ2v) is 5.97. The van der Waals surface area contributed by atoms with Crippen molar-refractivity contribution in [3.05, 3.63) is 48.4 Å². The molecule has 1 N–H and O–H groups in total. The van der Waals surface area contributed by atoms with Crippen molar-refractivity contribution in [2.24, 2.45) is 0 Å². The van der Waals surface area contributed by atoms with Crippen molar-refractivity contribution in [2.75, 3.05) is 11.9 Å². The van der Waals surface area contributed by atoms with E-state index in [1.807, 2.05) is 35.0 Å². The third-order valence-electron chi connectivity index (χ3n) is 3.75. The normalized spacial score (nSPS) is 12.4. The maximum Gasteiger partial charge on any atom is 0.163 e. The predicted molar refractivity (Wildman–Crippen MR) is 93.8 cm³/mol. The molecule has 0 bridgehead atoms. The third-order valence-corrected chi connectivity index (χ3v) is 4.14. The highest BCUT2D eigenvalue weighted by Crippen LogP contribution is 2.25. The van der Waals surface area contributed by atoms with Crippen LogP contribution in [0.5, 0.6) is 0 Å². The Kier molecular flexibility index (Phi) is 5.08. The SMILES string of the molecule is CCCCNc1ncnc2c1cnn2CC(Cl)c1ccccc1. The molecule has 0 aliphatic carbocycles. The molecule has 3 aromatic rings. The van der Waals surface area contributed by atoms with Gasteiger partial charge in [-0.1, -0.05) is 43.7 Å². The van der Waals surface area contributed by atoms with Crippen molar-refractivity contribution in [2.45, 2.75) is 31.7 Å². The zero-order valence-corrected chi connectivity index (χ0v) is 13.9. The molecule has 0 saturated carbocycles. The molecule has 5 nitrogen and oxygen atoms in total. The van der Waals surface area contributed by atoms with Crippen LogP contribution < -0.4 is 5.32 Å². The van der Waals surface area contributed by atoms with Crippen LogP contribution in [0.2, 0.25) is 0 Å². The van der Waals surface area contributed by atoms with Gasteiger partial charge in [0.15, 0.2) is 5.65 Å². The van der Waals surface area contributed by atoms with Gasteiger partial charge in [-0.3, -0.25) is 0 Å². The summed E-state index contributed by atoms with van der Waals surface area (Å²) in [5, 5.41) is 8.57. The van der Waals surface area contributed by atoms with E-state index >= 15 is 0 Å². The Labute approximate surface area is 140 Å². The monoisotopic (exact) mass is 329 g/mol. The van der Waals surface area contributed by atoms with E-state index in [1.54, 1.807) is 12.5 Å². The summed E-state index contributed by atoms with van der Waals surface area (Å²) >= 11 is 6.52. The number of fused-ring (bicyclic) bond motifs is 1. The lowest BCUT2D eigenvalue weighted by Crippen LogP contribution is -2.08. The van der Waals surface area contributed by atoms with Crippen LogP contribution in [-0.4, -0.2) is 26.3 Å². The van der Waals surface area contributed by atoms with Crippen LogP contribution in [-0.2, 0) is 6.54 Å². The van der Waals surface area contributed by atoms with E-state index < -0.39 is 0 Å². The Hall–Kier alpha value is -2.14. The standard InChI is InChI=1S/C17H20ClN5/c1-2-3-9-19-16-14-10-22-23(17(14)21-12-20-16)11-15(18)13-7-5-4-6-8-13/h4-8,10,12,15H,2-3,9,11H2,1H3,(H,19,20,21). The van der Waals surface area contributed by atoms with Crippen LogP contribution in [0.4, 0.5) is 5.82 Å². The Morgan fingerprint density at radius 2 is 2.04 bits per heavy atom. The molecular weight excluding hydrogens is 310 g/mol. The first-order valence-corrected chi connectivity index (χ1v) is 8.32. The van der Waals surface area contributed by atoms with Crippen molar-refractivity contribution in [1.29, 1.82) is 0 Å². The Balaban J connectivity index is 1.81. The molecule has 3 rings (SSSR count). The number of hydrogen-bond acceptors (Lipinski definition) is 4. The fraction of sp³-hybridized carbons (Fsp3) is 0.353. The van der Waals surface area contributed by atoms with Gasteiger partial charge in [-0.2, -0.15) is 5.10 Å². The molecule has 2 aromatic heterocycles. The molecule has 1 atom stereocenters. The maximum absolute atomic E-state index is 6.52. The highest BCUT2D eigenvalue weighted by molar-refractivity contribution is 6.20. The maximum atomic E-state index is 6.52. The Bertz CT molecular complexity index is 756. The summed E-state index contributed by atoms with van der Waals surface area (Å²) in [6.45, 7) is 3.63. The number of nitrogens with one attached hydrogen (secondary N) is 1. The van der Waals surface area contributed by atoms with Crippen molar-refractivity contribution in [3.63, 3.8) is 0 Å². The predicted octanol–water partition coefficient (Wildman–Crippen LogP) is 4.02. The minimum Gasteiger partial charge on any atom is -0.369 e. The summed E-state index contributed by atoms with van der Waals surface area (Å²) in [7, 11) is 0. The summed E-state index contributed by atoms with van der Waals surface area (Å²) in [6, 6.07) is 10.0. The van der Waals surface area contributed by atoms with E-state index in [9.17, 15) is 0 Å². The van der Waals surface area contributed by atoms with Gasteiger partial charge >= 0.3 is 0 Å². The van der Waals surface area contributed by atoms with Crippen molar-refractivity contribution < 1.29 is 0 Å². The smallest absolute Gasteiger partial charge is 0.163 e. The number of hydrogen-bond donors (Lipinski definition) is 1. The summed E-state index contributed by atoms with van der Waals surface area (Å²) in [6.07, 6.45) is 5.63. The molecule has 120 valence electrons. The van der Waals surface area contributed by atoms with Gasteiger partial charge in [0, 0.05) is 6.54 Å². The number of nitrogens with zero attached hydrogens (tertiary/aromatic N) is 4. The lowest BCUT2D eigenvalue weighted by molar-refractivity contribution is 0.615. The Morgan fingerprint density at radius 3 is 2.83 bits per heavy atom. The molecule has 6 heteroatoms. The van der Waals surface area contributed by atoms with E-state index in [0.717, 1.165) is 41.8 Å². The molecule has 0 radical (unpaired) electrons. The van der Waals surface area contributed by atoms with Gasteiger partial charge in [-0.15, -0.1) is 11.6 Å². The molecule has 0 aliphatic rings. The zero-order valence-electron chi connectivity index (χ0n) is 13.1. The first kappa shape index (κ1) is 15.7. The molecule has 0 fully saturated rings. The highest BCUT2D eigenvalue weighted by Gasteiger charge is 2.14. The van der Waals surface area contributed by atoms with E-state index in [-0.39, 0.29) is 5.38 Å². The minimum atomic E-state index is -0.147. The molecule has 1 aromatic carbocycles. The van der Waals surface area contributed by atoms with E-state index in [2.05, 4.69) is 27.3 Å². The van der Waals surface area contributed by atoms with E-state index in [0.29, 0.717) is 6.54 Å². The van der Waals surface area contributed by atoms with Crippen LogP contribution in [0.15, 0.2) is 42.9 Å². The lowest BCUT2D eigenvalue weighted by Gasteiger charge is -2.10. The van der Waals surface area contributed by atoms with Gasteiger partial charge in [0.1, 0.15) is 12.1 Å². The van der Waals surface area contributed by atoms with Crippen molar-refractivity contribution in [1.82, 2.24) is 19.7 Å². The average Bonchev–Trinajstić information content (AvgIpc) is 3.00. The fourth-order valence-electron chi connectivity index (χ4n) is 2.47. The third kappa shape index (κ3) is 3.62. The average molecular weight is 330 g/mol.